The Bertz CT molecular complexity index is 527. The lowest BCUT2D eigenvalue weighted by atomic mass is 9.99. The Balaban J connectivity index is 3.01. The molecule has 25 heavy (non-hydrogen) atoms. The molecule has 3 atom stereocenters. The monoisotopic (exact) mass is 361 g/mol. The Hall–Kier alpha value is -1.90. The number of amides is 3. The second-order valence-electron chi connectivity index (χ2n) is 7.65. The zero-order chi connectivity index (χ0) is 19.6. The van der Waals surface area contributed by atoms with E-state index in [9.17, 15) is 23.9 Å². The predicted octanol–water partition coefficient (Wildman–Crippen LogP) is 0.336. The number of hydrogen-bond donors (Lipinski definition) is 3. The molecule has 1 fully saturated rings. The predicted molar refractivity (Wildman–Crippen MR) is 88.5 cm³/mol. The van der Waals surface area contributed by atoms with Crippen molar-refractivity contribution in [2.24, 2.45) is 0 Å². The summed E-state index contributed by atoms with van der Waals surface area (Å²) in [6.45, 7) is 7.11. The average molecular weight is 361 g/mol. The molecule has 0 unspecified atom stereocenters. The van der Waals surface area contributed by atoms with Gasteiger partial charge in [0.2, 0.25) is 11.8 Å². The summed E-state index contributed by atoms with van der Waals surface area (Å²) in [5.74, 6) is -1.25. The fraction of sp³-hybridized carbons (Fsp3) is 0.812. The highest BCUT2D eigenvalue weighted by molar-refractivity contribution is 5.92. The quantitative estimate of drug-likeness (QED) is 0.669. The van der Waals surface area contributed by atoms with Crippen LogP contribution in [0.25, 0.3) is 0 Å². The number of hydrogen-bond acceptors (Lipinski definition) is 5. The SMILES string of the molecule is CNC(=O)[C@@H]1C[C@@H](O)CN1C(=O)[C@@H](NC(=O)OC(C)(C)C)C(C)(C)F. The lowest BCUT2D eigenvalue weighted by Gasteiger charge is -2.33. The summed E-state index contributed by atoms with van der Waals surface area (Å²) in [6.07, 6.45) is -1.78. The van der Waals surface area contributed by atoms with E-state index < -0.39 is 47.4 Å². The third kappa shape index (κ3) is 5.84. The molecule has 9 heteroatoms. The van der Waals surface area contributed by atoms with Crippen LogP contribution in [0, 0.1) is 0 Å². The van der Waals surface area contributed by atoms with Crippen LogP contribution < -0.4 is 10.6 Å². The molecule has 0 bridgehead atoms. The lowest BCUT2D eigenvalue weighted by molar-refractivity contribution is -0.142. The fourth-order valence-electron chi connectivity index (χ4n) is 2.59. The molecule has 1 aliphatic heterocycles. The molecule has 0 aromatic carbocycles. The minimum atomic E-state index is -2.10. The topological polar surface area (TPSA) is 108 Å². The Morgan fingerprint density at radius 2 is 1.80 bits per heavy atom. The first-order valence-electron chi connectivity index (χ1n) is 8.15. The van der Waals surface area contributed by atoms with Crippen LogP contribution in [-0.2, 0) is 14.3 Å². The number of β-amino-alcohol motifs (C(OH)–C–C–N with tert-alkyl or cyclic N) is 1. The van der Waals surface area contributed by atoms with E-state index in [1.807, 2.05) is 0 Å². The van der Waals surface area contributed by atoms with Gasteiger partial charge in [0.1, 0.15) is 23.4 Å². The zero-order valence-corrected chi connectivity index (χ0v) is 15.6. The molecule has 144 valence electrons. The second-order valence-corrected chi connectivity index (χ2v) is 7.65. The first kappa shape index (κ1) is 21.1. The molecule has 0 spiro atoms. The van der Waals surface area contributed by atoms with Crippen LogP contribution >= 0.6 is 0 Å². The molecule has 0 saturated carbocycles. The summed E-state index contributed by atoms with van der Waals surface area (Å²) < 4.78 is 19.7. The third-order valence-corrected chi connectivity index (χ3v) is 3.71. The number of nitrogens with zero attached hydrogens (tertiary/aromatic N) is 1. The number of likely N-dealkylation sites (tertiary alicyclic amines) is 1. The molecule has 0 aliphatic carbocycles. The molecule has 1 heterocycles. The average Bonchev–Trinajstić information content (AvgIpc) is 2.82. The highest BCUT2D eigenvalue weighted by Crippen LogP contribution is 2.24. The molecule has 1 saturated heterocycles. The number of alkyl halides is 1. The molecule has 0 radical (unpaired) electrons. The minimum absolute atomic E-state index is 0.0529. The van der Waals surface area contributed by atoms with Crippen molar-refractivity contribution in [3.05, 3.63) is 0 Å². The van der Waals surface area contributed by atoms with Gasteiger partial charge in [-0.05, 0) is 34.6 Å². The van der Waals surface area contributed by atoms with Gasteiger partial charge in [0, 0.05) is 20.0 Å². The maximum atomic E-state index is 14.6. The van der Waals surface area contributed by atoms with Crippen molar-refractivity contribution in [2.45, 2.75) is 70.5 Å². The highest BCUT2D eigenvalue weighted by Gasteiger charge is 2.46. The Labute approximate surface area is 147 Å². The summed E-state index contributed by atoms with van der Waals surface area (Å²) in [5, 5.41) is 14.5. The van der Waals surface area contributed by atoms with E-state index in [1.54, 1.807) is 20.8 Å². The van der Waals surface area contributed by atoms with Crippen LogP contribution in [0.3, 0.4) is 0 Å². The van der Waals surface area contributed by atoms with Crippen molar-refractivity contribution in [3.8, 4) is 0 Å². The van der Waals surface area contributed by atoms with Crippen molar-refractivity contribution in [1.29, 1.82) is 0 Å². The van der Waals surface area contributed by atoms with E-state index in [0.717, 1.165) is 18.7 Å². The van der Waals surface area contributed by atoms with E-state index in [1.165, 1.54) is 7.05 Å². The number of alkyl carbamates (subject to hydrolysis) is 1. The summed E-state index contributed by atoms with van der Waals surface area (Å²) in [7, 11) is 1.41. The minimum Gasteiger partial charge on any atom is -0.444 e. The maximum absolute atomic E-state index is 14.6. The number of nitrogens with one attached hydrogen (secondary N) is 2. The van der Waals surface area contributed by atoms with Gasteiger partial charge >= 0.3 is 6.09 Å². The molecule has 3 amide bonds. The van der Waals surface area contributed by atoms with Crippen LogP contribution in [0.5, 0.6) is 0 Å². The highest BCUT2D eigenvalue weighted by atomic mass is 19.1. The molecule has 0 aromatic heterocycles. The van der Waals surface area contributed by atoms with Crippen LogP contribution in [0.2, 0.25) is 0 Å². The molecule has 3 N–H and O–H groups in total. The number of carbonyl (C=O) groups is 3. The Morgan fingerprint density at radius 3 is 2.24 bits per heavy atom. The standard InChI is InChI=1S/C16H28FN3O5/c1-15(2,3)25-14(24)19-11(16(4,5)17)13(23)20-8-9(21)7-10(20)12(22)18-6/h9-11,21H,7-8H2,1-6H3,(H,18,22)(H,19,24)/t9-,10+,11-/m1/s1. The molecule has 0 aromatic rings. The molecular formula is C16H28FN3O5. The first-order valence-corrected chi connectivity index (χ1v) is 8.15. The van der Waals surface area contributed by atoms with Crippen LogP contribution in [0.4, 0.5) is 9.18 Å². The van der Waals surface area contributed by atoms with Gasteiger partial charge in [-0.3, -0.25) is 9.59 Å². The molecular weight excluding hydrogens is 333 g/mol. The van der Waals surface area contributed by atoms with Gasteiger partial charge in [0.25, 0.3) is 0 Å². The van der Waals surface area contributed by atoms with E-state index in [-0.39, 0.29) is 13.0 Å². The number of aliphatic hydroxyl groups is 1. The van der Waals surface area contributed by atoms with Crippen molar-refractivity contribution in [2.75, 3.05) is 13.6 Å². The number of ether oxygens (including phenoxy) is 1. The summed E-state index contributed by atoms with van der Waals surface area (Å²) in [5.41, 5.74) is -2.92. The van der Waals surface area contributed by atoms with Crippen molar-refractivity contribution < 1.29 is 28.6 Å². The van der Waals surface area contributed by atoms with Crippen molar-refractivity contribution in [1.82, 2.24) is 15.5 Å². The van der Waals surface area contributed by atoms with Crippen LogP contribution in [0.15, 0.2) is 0 Å². The van der Waals surface area contributed by atoms with E-state index in [0.29, 0.717) is 0 Å². The number of aliphatic hydroxyl groups excluding tert-OH is 1. The Morgan fingerprint density at radius 1 is 1.24 bits per heavy atom. The molecule has 1 rings (SSSR count). The number of likely N-dealkylation sites (N-methyl/N-ethyl adjacent to an activating group) is 1. The van der Waals surface area contributed by atoms with E-state index in [4.69, 9.17) is 4.74 Å². The van der Waals surface area contributed by atoms with Gasteiger partial charge in [-0.1, -0.05) is 0 Å². The van der Waals surface area contributed by atoms with E-state index in [2.05, 4.69) is 10.6 Å². The van der Waals surface area contributed by atoms with Gasteiger partial charge in [-0.2, -0.15) is 0 Å². The Kier molecular flexibility index (Phi) is 6.39. The van der Waals surface area contributed by atoms with Gasteiger partial charge in [0.05, 0.1) is 6.10 Å². The van der Waals surface area contributed by atoms with Crippen LogP contribution in [-0.4, -0.2) is 71.0 Å². The smallest absolute Gasteiger partial charge is 0.408 e. The zero-order valence-electron chi connectivity index (χ0n) is 15.6. The van der Waals surface area contributed by atoms with Crippen LogP contribution in [0.1, 0.15) is 41.0 Å². The maximum Gasteiger partial charge on any atom is 0.408 e. The second kappa shape index (κ2) is 7.55. The summed E-state index contributed by atoms with van der Waals surface area (Å²) in [6, 6.07) is -2.47. The number of halogens is 1. The summed E-state index contributed by atoms with van der Waals surface area (Å²) in [4.78, 5) is 37.8. The van der Waals surface area contributed by atoms with E-state index >= 15 is 0 Å². The number of carbonyl (C=O) groups excluding carboxylic acids is 3. The fourth-order valence-corrected chi connectivity index (χ4v) is 2.59. The first-order chi connectivity index (χ1) is 11.3. The van der Waals surface area contributed by atoms with Crippen molar-refractivity contribution >= 4 is 17.9 Å². The lowest BCUT2D eigenvalue weighted by Crippen LogP contribution is -2.59. The normalized spacial score (nSPS) is 22.3. The van der Waals surface area contributed by atoms with Gasteiger partial charge < -0.3 is 25.4 Å². The molecule has 8 nitrogen and oxygen atoms in total. The van der Waals surface area contributed by atoms with Crippen molar-refractivity contribution in [3.63, 3.8) is 0 Å². The largest absolute Gasteiger partial charge is 0.444 e. The van der Waals surface area contributed by atoms with Gasteiger partial charge in [-0.25, -0.2) is 9.18 Å². The van der Waals surface area contributed by atoms with Gasteiger partial charge in [-0.15, -0.1) is 0 Å². The summed E-state index contributed by atoms with van der Waals surface area (Å²) >= 11 is 0. The number of rotatable bonds is 4. The molecule has 1 aliphatic rings. The van der Waals surface area contributed by atoms with Gasteiger partial charge in [0.15, 0.2) is 0 Å². The third-order valence-electron chi connectivity index (χ3n) is 3.71.